The molecule has 2 aromatic carbocycles. The number of halogens is 2. The Kier molecular flexibility index (Phi) is 4.19. The van der Waals surface area contributed by atoms with E-state index < -0.39 is 0 Å². The summed E-state index contributed by atoms with van der Waals surface area (Å²) >= 11 is 12.1. The van der Waals surface area contributed by atoms with Crippen molar-refractivity contribution in [1.29, 1.82) is 0 Å². The molecule has 0 aliphatic rings. The van der Waals surface area contributed by atoms with Crippen LogP contribution in [-0.4, -0.2) is 0 Å². The van der Waals surface area contributed by atoms with Crippen LogP contribution in [0.25, 0.3) is 0 Å². The summed E-state index contributed by atoms with van der Waals surface area (Å²) in [4.78, 5) is 0. The lowest BCUT2D eigenvalue weighted by atomic mass is 9.92. The molecule has 0 bridgehead atoms. The van der Waals surface area contributed by atoms with Gasteiger partial charge in [0, 0.05) is 10.0 Å². The van der Waals surface area contributed by atoms with Crippen molar-refractivity contribution in [3.05, 3.63) is 68.2 Å². The molecule has 1 unspecified atom stereocenters. The third-order valence-corrected chi connectivity index (χ3v) is 3.90. The molecule has 0 fully saturated rings. The molecule has 0 aliphatic carbocycles. The summed E-state index contributed by atoms with van der Waals surface area (Å²) in [6.45, 7) is 6.28. The van der Waals surface area contributed by atoms with Gasteiger partial charge < -0.3 is 5.73 Å². The van der Waals surface area contributed by atoms with Crippen LogP contribution in [0.15, 0.2) is 30.3 Å². The van der Waals surface area contributed by atoms with Gasteiger partial charge in [-0.1, -0.05) is 35.3 Å². The summed E-state index contributed by atoms with van der Waals surface area (Å²) in [5, 5.41) is 1.22. The van der Waals surface area contributed by atoms with Crippen molar-refractivity contribution in [1.82, 2.24) is 0 Å². The number of benzene rings is 2. The molecule has 19 heavy (non-hydrogen) atoms. The molecule has 0 radical (unpaired) electrons. The molecule has 2 N–H and O–H groups in total. The summed E-state index contributed by atoms with van der Waals surface area (Å²) in [5.41, 5.74) is 12.1. The average molecular weight is 294 g/mol. The SMILES string of the molecule is Cc1cc(C)c(C(N)c2cc(Cl)cc(Cl)c2)cc1C. The molecular weight excluding hydrogens is 277 g/mol. The fraction of sp³-hybridized carbons (Fsp3) is 0.250. The lowest BCUT2D eigenvalue weighted by molar-refractivity contribution is 0.858. The number of hydrogen-bond donors (Lipinski definition) is 1. The van der Waals surface area contributed by atoms with Crippen LogP contribution >= 0.6 is 23.2 Å². The number of aryl methyl sites for hydroxylation is 3. The van der Waals surface area contributed by atoms with Crippen molar-refractivity contribution in [2.24, 2.45) is 5.73 Å². The molecule has 100 valence electrons. The zero-order valence-corrected chi connectivity index (χ0v) is 12.8. The van der Waals surface area contributed by atoms with Gasteiger partial charge in [0.15, 0.2) is 0 Å². The highest BCUT2D eigenvalue weighted by Gasteiger charge is 2.14. The first-order valence-corrected chi connectivity index (χ1v) is 6.93. The second-order valence-corrected chi connectivity index (χ2v) is 5.85. The molecule has 0 spiro atoms. The maximum absolute atomic E-state index is 6.36. The van der Waals surface area contributed by atoms with Crippen molar-refractivity contribution in [2.75, 3.05) is 0 Å². The van der Waals surface area contributed by atoms with Gasteiger partial charge in [-0.05, 0) is 66.8 Å². The highest BCUT2D eigenvalue weighted by atomic mass is 35.5. The lowest BCUT2D eigenvalue weighted by Crippen LogP contribution is -2.14. The topological polar surface area (TPSA) is 26.0 Å². The van der Waals surface area contributed by atoms with E-state index in [0.717, 1.165) is 11.1 Å². The lowest BCUT2D eigenvalue weighted by Gasteiger charge is -2.18. The molecule has 2 rings (SSSR count). The van der Waals surface area contributed by atoms with Gasteiger partial charge in [0.2, 0.25) is 0 Å². The van der Waals surface area contributed by atoms with E-state index in [1.807, 2.05) is 12.1 Å². The van der Waals surface area contributed by atoms with E-state index in [4.69, 9.17) is 28.9 Å². The van der Waals surface area contributed by atoms with Gasteiger partial charge in [0.05, 0.1) is 6.04 Å². The van der Waals surface area contributed by atoms with Crippen molar-refractivity contribution >= 4 is 23.2 Å². The molecule has 0 amide bonds. The third kappa shape index (κ3) is 3.11. The van der Waals surface area contributed by atoms with Gasteiger partial charge in [-0.3, -0.25) is 0 Å². The van der Waals surface area contributed by atoms with Crippen LogP contribution in [0, 0.1) is 20.8 Å². The molecule has 1 nitrogen and oxygen atoms in total. The first-order chi connectivity index (χ1) is 8.88. The van der Waals surface area contributed by atoms with Crippen LogP contribution in [0.4, 0.5) is 0 Å². The molecule has 0 saturated carbocycles. The minimum atomic E-state index is -0.213. The Labute approximate surface area is 124 Å². The van der Waals surface area contributed by atoms with E-state index in [2.05, 4.69) is 32.9 Å². The molecule has 0 aliphatic heterocycles. The Morgan fingerprint density at radius 2 is 1.32 bits per heavy atom. The number of nitrogens with two attached hydrogens (primary N) is 1. The largest absolute Gasteiger partial charge is 0.320 e. The van der Waals surface area contributed by atoms with E-state index >= 15 is 0 Å². The first-order valence-electron chi connectivity index (χ1n) is 6.18. The van der Waals surface area contributed by atoms with Crippen LogP contribution < -0.4 is 5.73 Å². The van der Waals surface area contributed by atoms with E-state index in [1.54, 1.807) is 6.07 Å². The molecular formula is C16H17Cl2N. The van der Waals surface area contributed by atoms with Crippen LogP contribution in [0.2, 0.25) is 10.0 Å². The Morgan fingerprint density at radius 1 is 0.789 bits per heavy atom. The van der Waals surface area contributed by atoms with Gasteiger partial charge in [-0.2, -0.15) is 0 Å². The van der Waals surface area contributed by atoms with Crippen molar-refractivity contribution in [3.63, 3.8) is 0 Å². The van der Waals surface area contributed by atoms with E-state index in [1.165, 1.54) is 16.7 Å². The second kappa shape index (κ2) is 5.54. The fourth-order valence-corrected chi connectivity index (χ4v) is 2.80. The summed E-state index contributed by atoms with van der Waals surface area (Å²) in [6.07, 6.45) is 0. The average Bonchev–Trinajstić information content (AvgIpc) is 2.31. The highest BCUT2D eigenvalue weighted by Crippen LogP contribution is 2.29. The van der Waals surface area contributed by atoms with Crippen molar-refractivity contribution < 1.29 is 0 Å². The monoisotopic (exact) mass is 293 g/mol. The molecule has 2 aromatic rings. The van der Waals surface area contributed by atoms with Gasteiger partial charge in [0.1, 0.15) is 0 Å². The van der Waals surface area contributed by atoms with Crippen molar-refractivity contribution in [2.45, 2.75) is 26.8 Å². The smallest absolute Gasteiger partial charge is 0.0555 e. The van der Waals surface area contributed by atoms with Crippen LogP contribution in [0.1, 0.15) is 33.9 Å². The quantitative estimate of drug-likeness (QED) is 0.831. The summed E-state index contributed by atoms with van der Waals surface area (Å²) < 4.78 is 0. The predicted octanol–water partition coefficient (Wildman–Crippen LogP) is 4.97. The van der Waals surface area contributed by atoms with Gasteiger partial charge in [-0.25, -0.2) is 0 Å². The molecule has 3 heteroatoms. The molecule has 0 heterocycles. The maximum Gasteiger partial charge on any atom is 0.0555 e. The van der Waals surface area contributed by atoms with Gasteiger partial charge in [0.25, 0.3) is 0 Å². The zero-order valence-electron chi connectivity index (χ0n) is 11.3. The van der Waals surface area contributed by atoms with Gasteiger partial charge in [-0.15, -0.1) is 0 Å². The van der Waals surface area contributed by atoms with E-state index in [9.17, 15) is 0 Å². The number of rotatable bonds is 2. The minimum absolute atomic E-state index is 0.213. The van der Waals surface area contributed by atoms with E-state index in [-0.39, 0.29) is 6.04 Å². The normalized spacial score (nSPS) is 12.5. The second-order valence-electron chi connectivity index (χ2n) is 4.97. The Bertz CT molecular complexity index is 600. The number of hydrogen-bond acceptors (Lipinski definition) is 1. The minimum Gasteiger partial charge on any atom is -0.320 e. The van der Waals surface area contributed by atoms with Crippen LogP contribution in [0.5, 0.6) is 0 Å². The van der Waals surface area contributed by atoms with Crippen LogP contribution in [-0.2, 0) is 0 Å². The first kappa shape index (κ1) is 14.4. The highest BCUT2D eigenvalue weighted by molar-refractivity contribution is 6.34. The fourth-order valence-electron chi connectivity index (χ4n) is 2.25. The summed E-state index contributed by atoms with van der Waals surface area (Å²) in [5.74, 6) is 0. The van der Waals surface area contributed by atoms with Crippen LogP contribution in [0.3, 0.4) is 0 Å². The standard InChI is InChI=1S/C16H17Cl2N/c1-9-4-11(3)15(5-10(9)2)16(19)12-6-13(17)8-14(18)7-12/h4-8,16H,19H2,1-3H3. The molecule has 0 saturated heterocycles. The van der Waals surface area contributed by atoms with E-state index in [0.29, 0.717) is 10.0 Å². The van der Waals surface area contributed by atoms with Crippen molar-refractivity contribution in [3.8, 4) is 0 Å². The Morgan fingerprint density at radius 3 is 1.89 bits per heavy atom. The summed E-state index contributed by atoms with van der Waals surface area (Å²) in [7, 11) is 0. The van der Waals surface area contributed by atoms with Gasteiger partial charge >= 0.3 is 0 Å². The maximum atomic E-state index is 6.36. The summed E-state index contributed by atoms with van der Waals surface area (Å²) in [6, 6.07) is 9.54. The Balaban J connectivity index is 2.49. The third-order valence-electron chi connectivity index (χ3n) is 3.46. The predicted molar refractivity (Wildman–Crippen MR) is 83.1 cm³/mol. The molecule has 0 aromatic heterocycles. The Hall–Kier alpha value is -1.02. The zero-order chi connectivity index (χ0) is 14.2. The molecule has 1 atom stereocenters.